The molecule has 0 spiro atoms. The Morgan fingerprint density at radius 2 is 1.93 bits per heavy atom. The molecule has 1 fully saturated rings. The van der Waals surface area contributed by atoms with Crippen LogP contribution in [0, 0.1) is 0 Å². The highest BCUT2D eigenvalue weighted by Crippen LogP contribution is 2.10. The zero-order valence-electron chi connectivity index (χ0n) is 8.02. The lowest BCUT2D eigenvalue weighted by atomic mass is 10.2. The molecule has 1 saturated heterocycles. The number of carboxylic acids is 2. The minimum atomic E-state index is -0.935. The molecule has 1 atom stereocenters. The van der Waals surface area contributed by atoms with Crippen LogP contribution in [0.25, 0.3) is 0 Å². The molecule has 1 unspecified atom stereocenters. The summed E-state index contributed by atoms with van der Waals surface area (Å²) in [5, 5.41) is 16.2. The summed E-state index contributed by atoms with van der Waals surface area (Å²) >= 11 is 0. The molecule has 0 radical (unpaired) electrons. The van der Waals surface area contributed by atoms with E-state index in [4.69, 9.17) is 14.9 Å². The summed E-state index contributed by atoms with van der Waals surface area (Å²) in [5.41, 5.74) is 0.176. The van der Waals surface area contributed by atoms with Crippen LogP contribution in [0.1, 0.15) is 19.8 Å². The van der Waals surface area contributed by atoms with Gasteiger partial charge < -0.3 is 14.9 Å². The molecule has 14 heavy (non-hydrogen) atoms. The number of hydrogen-bond donors (Lipinski definition) is 2. The summed E-state index contributed by atoms with van der Waals surface area (Å²) in [7, 11) is 0. The maximum absolute atomic E-state index is 10.1. The van der Waals surface area contributed by atoms with Gasteiger partial charge in [0.05, 0.1) is 0 Å². The lowest BCUT2D eigenvalue weighted by Crippen LogP contribution is -2.17. The average molecular weight is 202 g/mol. The van der Waals surface area contributed by atoms with Gasteiger partial charge in [-0.2, -0.15) is 0 Å². The zero-order chi connectivity index (χ0) is 11.1. The van der Waals surface area contributed by atoms with Crippen molar-refractivity contribution in [3.05, 3.63) is 12.2 Å². The number of carboxylic acid groups (broad SMARTS) is 2. The Labute approximate surface area is 82.0 Å². The summed E-state index contributed by atoms with van der Waals surface area (Å²) in [4.78, 5) is 19.7. The molecule has 1 heterocycles. The first-order valence-electron chi connectivity index (χ1n) is 4.18. The van der Waals surface area contributed by atoms with Gasteiger partial charge in [-0.25, -0.2) is 9.59 Å². The van der Waals surface area contributed by atoms with Crippen LogP contribution in [-0.4, -0.2) is 34.9 Å². The maximum Gasteiger partial charge on any atom is 0.332 e. The van der Waals surface area contributed by atoms with Crippen LogP contribution in [0.5, 0.6) is 0 Å². The molecule has 1 rings (SSSR count). The fourth-order valence-corrected chi connectivity index (χ4v) is 0.772. The Hall–Kier alpha value is -1.36. The zero-order valence-corrected chi connectivity index (χ0v) is 8.02. The van der Waals surface area contributed by atoms with Gasteiger partial charge in [-0.1, -0.05) is 6.58 Å². The van der Waals surface area contributed by atoms with E-state index in [0.29, 0.717) is 13.0 Å². The van der Waals surface area contributed by atoms with E-state index in [1.54, 1.807) is 0 Å². The molecule has 0 amide bonds. The Bertz CT molecular complexity index is 215. The van der Waals surface area contributed by atoms with Crippen molar-refractivity contribution >= 4 is 11.9 Å². The van der Waals surface area contributed by atoms with Crippen molar-refractivity contribution in [2.75, 3.05) is 6.61 Å². The standard InChI is InChI=1S/C5H8O3.C4H6O2/c6-5(7)4-2-1-3-8-4;1-3(2)4(5)6/h4H,1-3H2,(H,6,7);1H2,2H3,(H,5,6). The quantitative estimate of drug-likeness (QED) is 0.650. The van der Waals surface area contributed by atoms with E-state index >= 15 is 0 Å². The molecule has 80 valence electrons. The molecule has 0 aromatic heterocycles. The third-order valence-electron chi connectivity index (χ3n) is 1.57. The van der Waals surface area contributed by atoms with E-state index in [0.717, 1.165) is 6.42 Å². The van der Waals surface area contributed by atoms with Crippen LogP contribution in [0.15, 0.2) is 12.2 Å². The summed E-state index contributed by atoms with van der Waals surface area (Å²) in [6, 6.07) is 0. The molecule has 1 aliphatic heterocycles. The van der Waals surface area contributed by atoms with Crippen LogP contribution in [0.3, 0.4) is 0 Å². The van der Waals surface area contributed by atoms with E-state index < -0.39 is 18.0 Å². The highest BCUT2D eigenvalue weighted by atomic mass is 16.5. The second-order valence-corrected chi connectivity index (χ2v) is 2.93. The average Bonchev–Trinajstić information content (AvgIpc) is 2.56. The van der Waals surface area contributed by atoms with Crippen molar-refractivity contribution < 1.29 is 24.5 Å². The summed E-state index contributed by atoms with van der Waals surface area (Å²) < 4.78 is 4.81. The van der Waals surface area contributed by atoms with Gasteiger partial charge in [0.1, 0.15) is 0 Å². The Balaban J connectivity index is 0.000000255. The smallest absolute Gasteiger partial charge is 0.332 e. The maximum atomic E-state index is 10.1. The highest BCUT2D eigenvalue weighted by molar-refractivity contribution is 5.84. The minimum Gasteiger partial charge on any atom is -0.479 e. The molecule has 0 aliphatic carbocycles. The van der Waals surface area contributed by atoms with Crippen molar-refractivity contribution in [2.24, 2.45) is 0 Å². The Kier molecular flexibility index (Phi) is 5.55. The van der Waals surface area contributed by atoms with Gasteiger partial charge in [0.15, 0.2) is 6.10 Å². The molecule has 1 aliphatic rings. The molecule has 5 nitrogen and oxygen atoms in total. The first-order valence-corrected chi connectivity index (χ1v) is 4.18. The highest BCUT2D eigenvalue weighted by Gasteiger charge is 2.21. The fraction of sp³-hybridized carbons (Fsp3) is 0.556. The van der Waals surface area contributed by atoms with Gasteiger partial charge in [0.25, 0.3) is 0 Å². The third kappa shape index (κ3) is 5.31. The monoisotopic (exact) mass is 202 g/mol. The van der Waals surface area contributed by atoms with E-state index in [-0.39, 0.29) is 5.57 Å². The fourth-order valence-electron chi connectivity index (χ4n) is 0.772. The summed E-state index contributed by atoms with van der Waals surface area (Å²) in [6.45, 7) is 5.21. The van der Waals surface area contributed by atoms with Gasteiger partial charge in [0.2, 0.25) is 0 Å². The molecular weight excluding hydrogens is 188 g/mol. The second-order valence-electron chi connectivity index (χ2n) is 2.93. The molecule has 0 aromatic carbocycles. The van der Waals surface area contributed by atoms with E-state index in [9.17, 15) is 9.59 Å². The predicted octanol–water partition coefficient (Wildman–Crippen LogP) is 0.897. The second kappa shape index (κ2) is 6.15. The molecule has 2 N–H and O–H groups in total. The van der Waals surface area contributed by atoms with Crippen LogP contribution in [0.2, 0.25) is 0 Å². The van der Waals surface area contributed by atoms with Crippen LogP contribution < -0.4 is 0 Å². The van der Waals surface area contributed by atoms with Gasteiger partial charge in [-0.05, 0) is 19.8 Å². The van der Waals surface area contributed by atoms with Crippen molar-refractivity contribution in [1.82, 2.24) is 0 Å². The molecular formula is C9H14O5. The van der Waals surface area contributed by atoms with Crippen LogP contribution in [-0.2, 0) is 14.3 Å². The van der Waals surface area contributed by atoms with Gasteiger partial charge in [-0.3, -0.25) is 0 Å². The third-order valence-corrected chi connectivity index (χ3v) is 1.57. The lowest BCUT2D eigenvalue weighted by Gasteiger charge is -1.98. The SMILES string of the molecule is C=C(C)C(=O)O.O=C(O)C1CCCO1. The number of aliphatic carboxylic acids is 2. The van der Waals surface area contributed by atoms with Gasteiger partial charge in [-0.15, -0.1) is 0 Å². The first-order chi connectivity index (χ1) is 6.45. The first kappa shape index (κ1) is 12.6. The van der Waals surface area contributed by atoms with Crippen molar-refractivity contribution in [2.45, 2.75) is 25.9 Å². The summed E-state index contributed by atoms with van der Waals surface area (Å²) in [6.07, 6.45) is 1.04. The predicted molar refractivity (Wildman–Crippen MR) is 49.1 cm³/mol. The molecule has 0 aromatic rings. The van der Waals surface area contributed by atoms with Gasteiger partial charge in [0, 0.05) is 12.2 Å². The molecule has 0 saturated carbocycles. The van der Waals surface area contributed by atoms with E-state index in [1.165, 1.54) is 6.92 Å². The van der Waals surface area contributed by atoms with E-state index in [2.05, 4.69) is 6.58 Å². The normalized spacial score (nSPS) is 19.4. The van der Waals surface area contributed by atoms with Crippen molar-refractivity contribution in [3.8, 4) is 0 Å². The summed E-state index contributed by atoms with van der Waals surface area (Å²) in [5.74, 6) is -1.77. The number of hydrogen-bond acceptors (Lipinski definition) is 3. The number of carbonyl (C=O) groups is 2. The number of rotatable bonds is 2. The largest absolute Gasteiger partial charge is 0.479 e. The van der Waals surface area contributed by atoms with Gasteiger partial charge >= 0.3 is 11.9 Å². The number of ether oxygens (including phenoxy) is 1. The topological polar surface area (TPSA) is 83.8 Å². The van der Waals surface area contributed by atoms with Crippen LogP contribution in [0.4, 0.5) is 0 Å². The van der Waals surface area contributed by atoms with Crippen molar-refractivity contribution in [1.29, 1.82) is 0 Å². The molecule has 0 bridgehead atoms. The Morgan fingerprint density at radius 3 is 2.07 bits per heavy atom. The Morgan fingerprint density at radius 1 is 1.43 bits per heavy atom. The van der Waals surface area contributed by atoms with Crippen molar-refractivity contribution in [3.63, 3.8) is 0 Å². The van der Waals surface area contributed by atoms with E-state index in [1.807, 2.05) is 0 Å². The van der Waals surface area contributed by atoms with Crippen LogP contribution >= 0.6 is 0 Å². The lowest BCUT2D eigenvalue weighted by molar-refractivity contribution is -0.147. The molecule has 5 heteroatoms. The minimum absolute atomic E-state index is 0.176.